The van der Waals surface area contributed by atoms with E-state index in [9.17, 15) is 9.18 Å². The van der Waals surface area contributed by atoms with Crippen molar-refractivity contribution in [1.82, 2.24) is 15.4 Å². The number of nitrogens with one attached hydrogen (secondary N) is 1. The van der Waals surface area contributed by atoms with Gasteiger partial charge in [0, 0.05) is 50.0 Å². The smallest absolute Gasteiger partial charge is 0.273 e. The van der Waals surface area contributed by atoms with Crippen LogP contribution in [0.25, 0.3) is 11.3 Å². The third kappa shape index (κ3) is 4.87. The van der Waals surface area contributed by atoms with E-state index < -0.39 is 0 Å². The Bertz CT molecular complexity index is 1200. The van der Waals surface area contributed by atoms with Crippen LogP contribution in [0.5, 0.6) is 0 Å². The normalized spacial score (nSPS) is 15.3. The first-order valence-corrected chi connectivity index (χ1v) is 11.3. The molecule has 7 nitrogen and oxygen atoms in total. The van der Waals surface area contributed by atoms with E-state index in [1.54, 1.807) is 24.5 Å². The lowest BCUT2D eigenvalue weighted by Gasteiger charge is -2.39. The minimum Gasteiger partial charge on any atom is -0.468 e. The number of nitrogens with zero attached hydrogens (tertiary/aromatic N) is 3. The van der Waals surface area contributed by atoms with Gasteiger partial charge in [-0.05, 0) is 36.4 Å². The molecule has 1 fully saturated rings. The monoisotopic (exact) mass is 460 g/mol. The van der Waals surface area contributed by atoms with Crippen LogP contribution in [0.4, 0.5) is 10.1 Å². The summed E-state index contributed by atoms with van der Waals surface area (Å²) in [6, 6.07) is 21.4. The number of anilines is 1. The maximum atomic E-state index is 13.3. The number of carbonyl (C=O) groups is 1. The second-order valence-electron chi connectivity index (χ2n) is 8.18. The van der Waals surface area contributed by atoms with Gasteiger partial charge in [-0.2, -0.15) is 0 Å². The topological polar surface area (TPSA) is 74.8 Å². The van der Waals surface area contributed by atoms with Crippen molar-refractivity contribution in [3.63, 3.8) is 0 Å². The van der Waals surface area contributed by atoms with Gasteiger partial charge in [-0.25, -0.2) is 4.39 Å². The number of hydrogen-bond donors (Lipinski definition) is 1. The summed E-state index contributed by atoms with van der Waals surface area (Å²) in [5, 5.41) is 6.92. The highest BCUT2D eigenvalue weighted by Crippen LogP contribution is 2.25. The summed E-state index contributed by atoms with van der Waals surface area (Å²) in [7, 11) is 0. The first kappa shape index (κ1) is 21.9. The molecule has 3 heterocycles. The Kier molecular flexibility index (Phi) is 6.40. The Morgan fingerprint density at radius 1 is 1.00 bits per heavy atom. The zero-order chi connectivity index (χ0) is 23.3. The summed E-state index contributed by atoms with van der Waals surface area (Å²) in [5.41, 5.74) is 2.10. The van der Waals surface area contributed by atoms with Gasteiger partial charge < -0.3 is 19.2 Å². The molecule has 5 rings (SSSR count). The van der Waals surface area contributed by atoms with Crippen LogP contribution >= 0.6 is 0 Å². The molecule has 8 heteroatoms. The van der Waals surface area contributed by atoms with Gasteiger partial charge in [0.25, 0.3) is 5.91 Å². The van der Waals surface area contributed by atoms with Crippen molar-refractivity contribution in [1.29, 1.82) is 0 Å². The van der Waals surface area contributed by atoms with Gasteiger partial charge in [0.2, 0.25) is 0 Å². The van der Waals surface area contributed by atoms with Gasteiger partial charge in [0.05, 0.1) is 12.3 Å². The van der Waals surface area contributed by atoms with Gasteiger partial charge in [-0.3, -0.25) is 9.69 Å². The van der Waals surface area contributed by atoms with Crippen molar-refractivity contribution in [3.05, 3.63) is 96.3 Å². The molecule has 2 aromatic carbocycles. The number of halogens is 1. The van der Waals surface area contributed by atoms with Gasteiger partial charge in [0.1, 0.15) is 11.6 Å². The number of piperazine rings is 1. The van der Waals surface area contributed by atoms with Gasteiger partial charge in [-0.1, -0.05) is 35.5 Å². The fourth-order valence-electron chi connectivity index (χ4n) is 4.23. The molecule has 1 amide bonds. The molecule has 1 aliphatic heterocycles. The Balaban J connectivity index is 1.23. The number of carbonyl (C=O) groups excluding carboxylic acids is 1. The number of hydrogen-bond acceptors (Lipinski definition) is 6. The number of rotatable bonds is 7. The van der Waals surface area contributed by atoms with E-state index in [2.05, 4.69) is 20.3 Å². The molecule has 0 radical (unpaired) electrons. The Hall–Kier alpha value is -3.91. The summed E-state index contributed by atoms with van der Waals surface area (Å²) in [5.74, 6) is 0.803. The average Bonchev–Trinajstić information content (AvgIpc) is 3.59. The van der Waals surface area contributed by atoms with Crippen LogP contribution in [0.1, 0.15) is 22.3 Å². The Labute approximate surface area is 196 Å². The van der Waals surface area contributed by atoms with Crippen molar-refractivity contribution in [2.75, 3.05) is 37.6 Å². The first-order chi connectivity index (χ1) is 16.7. The van der Waals surface area contributed by atoms with Crippen LogP contribution in [-0.4, -0.2) is 48.7 Å². The molecule has 2 aromatic heterocycles. The fourth-order valence-corrected chi connectivity index (χ4v) is 4.23. The van der Waals surface area contributed by atoms with Gasteiger partial charge in [0.15, 0.2) is 11.5 Å². The van der Waals surface area contributed by atoms with Crippen molar-refractivity contribution >= 4 is 11.6 Å². The number of furan rings is 1. The van der Waals surface area contributed by atoms with Crippen LogP contribution in [0.3, 0.4) is 0 Å². The molecule has 1 atom stereocenters. The molecule has 0 aliphatic carbocycles. The molecule has 34 heavy (non-hydrogen) atoms. The lowest BCUT2D eigenvalue weighted by molar-refractivity contribution is 0.0914. The summed E-state index contributed by atoms with van der Waals surface area (Å²) >= 11 is 0. The second kappa shape index (κ2) is 9.93. The minimum absolute atomic E-state index is 0.116. The molecule has 0 spiro atoms. The van der Waals surface area contributed by atoms with Crippen molar-refractivity contribution in [2.24, 2.45) is 0 Å². The molecule has 1 saturated heterocycles. The largest absolute Gasteiger partial charge is 0.468 e. The lowest BCUT2D eigenvalue weighted by atomic mass is 10.1. The molecule has 4 aromatic rings. The molecule has 0 saturated carbocycles. The fraction of sp³-hybridized carbons (Fsp3) is 0.231. The molecule has 1 aliphatic rings. The SMILES string of the molecule is O=C(NCC(c1ccco1)N1CCN(c2ccc(F)cc2)CC1)c1cc(-c2ccccc2)on1. The average molecular weight is 461 g/mol. The third-order valence-corrected chi connectivity index (χ3v) is 6.08. The third-order valence-electron chi connectivity index (χ3n) is 6.08. The predicted octanol–water partition coefficient (Wildman–Crippen LogP) is 4.37. The summed E-state index contributed by atoms with van der Waals surface area (Å²) in [6.07, 6.45) is 1.64. The van der Waals surface area contributed by atoms with E-state index in [1.807, 2.05) is 42.5 Å². The molecule has 1 N–H and O–H groups in total. The van der Waals surface area contributed by atoms with Gasteiger partial charge >= 0.3 is 0 Å². The van der Waals surface area contributed by atoms with Crippen molar-refractivity contribution < 1.29 is 18.1 Å². The van der Waals surface area contributed by atoms with E-state index in [4.69, 9.17) is 8.94 Å². The highest BCUT2D eigenvalue weighted by atomic mass is 19.1. The quantitative estimate of drug-likeness (QED) is 0.442. The van der Waals surface area contributed by atoms with E-state index in [0.29, 0.717) is 12.3 Å². The van der Waals surface area contributed by atoms with E-state index >= 15 is 0 Å². The van der Waals surface area contributed by atoms with Crippen LogP contribution in [0, 0.1) is 5.82 Å². The summed E-state index contributed by atoms with van der Waals surface area (Å²) < 4.78 is 24.3. The minimum atomic E-state index is -0.299. The number of benzene rings is 2. The van der Waals surface area contributed by atoms with Crippen LogP contribution in [0.15, 0.2) is 88.0 Å². The standard InChI is InChI=1S/C26H25FN4O3/c27-20-8-10-21(11-9-20)30-12-14-31(15-13-30)23(24-7-4-16-33-24)18-28-26(32)22-17-25(34-29-22)19-5-2-1-3-6-19/h1-11,16-17,23H,12-15,18H2,(H,28,32). The molecular formula is C26H25FN4O3. The maximum absolute atomic E-state index is 13.3. The van der Waals surface area contributed by atoms with Crippen LogP contribution in [-0.2, 0) is 0 Å². The number of amides is 1. The highest BCUT2D eigenvalue weighted by Gasteiger charge is 2.28. The zero-order valence-corrected chi connectivity index (χ0v) is 18.6. The van der Waals surface area contributed by atoms with E-state index in [1.165, 1.54) is 12.1 Å². The van der Waals surface area contributed by atoms with E-state index in [0.717, 1.165) is 43.2 Å². The molecule has 1 unspecified atom stereocenters. The van der Waals surface area contributed by atoms with Crippen molar-refractivity contribution in [3.8, 4) is 11.3 Å². The molecular weight excluding hydrogens is 435 g/mol. The predicted molar refractivity (Wildman–Crippen MR) is 126 cm³/mol. The maximum Gasteiger partial charge on any atom is 0.273 e. The molecule has 174 valence electrons. The second-order valence-corrected chi connectivity index (χ2v) is 8.18. The Morgan fingerprint density at radius 3 is 2.47 bits per heavy atom. The highest BCUT2D eigenvalue weighted by molar-refractivity contribution is 5.93. The Morgan fingerprint density at radius 2 is 1.76 bits per heavy atom. The van der Waals surface area contributed by atoms with E-state index in [-0.39, 0.29) is 23.5 Å². The molecule has 0 bridgehead atoms. The van der Waals surface area contributed by atoms with Crippen molar-refractivity contribution in [2.45, 2.75) is 6.04 Å². The summed E-state index contributed by atoms with van der Waals surface area (Å²) in [4.78, 5) is 17.3. The first-order valence-electron chi connectivity index (χ1n) is 11.3. The van der Waals surface area contributed by atoms with Crippen LogP contribution in [0.2, 0.25) is 0 Å². The van der Waals surface area contributed by atoms with Crippen LogP contribution < -0.4 is 10.2 Å². The summed E-state index contributed by atoms with van der Waals surface area (Å²) in [6.45, 7) is 3.51. The lowest BCUT2D eigenvalue weighted by Crippen LogP contribution is -2.49. The zero-order valence-electron chi connectivity index (χ0n) is 18.6. The van der Waals surface area contributed by atoms with Gasteiger partial charge in [-0.15, -0.1) is 0 Å². The number of aromatic nitrogens is 1.